The number of nitrogens with zero attached hydrogens (tertiary/aromatic N) is 1. The van der Waals surface area contributed by atoms with Crippen LogP contribution in [0.2, 0.25) is 0 Å². The first kappa shape index (κ1) is 16.4. The molecule has 0 aromatic heterocycles. The third-order valence-corrected chi connectivity index (χ3v) is 3.68. The molecule has 1 fully saturated rings. The third kappa shape index (κ3) is 6.89. The van der Waals surface area contributed by atoms with Crippen LogP contribution in [0.15, 0.2) is 0 Å². The van der Waals surface area contributed by atoms with E-state index in [-0.39, 0.29) is 5.91 Å². The summed E-state index contributed by atoms with van der Waals surface area (Å²) >= 11 is 0. The van der Waals surface area contributed by atoms with Crippen molar-refractivity contribution in [1.82, 2.24) is 10.2 Å². The van der Waals surface area contributed by atoms with Crippen LogP contribution < -0.4 is 11.1 Å². The zero-order chi connectivity index (χ0) is 13.9. The maximum atomic E-state index is 11.9. The smallest absolute Gasteiger partial charge is 0.234 e. The van der Waals surface area contributed by atoms with Crippen LogP contribution in [0.3, 0.4) is 0 Å². The summed E-state index contributed by atoms with van der Waals surface area (Å²) in [6, 6.07) is 0.580. The number of methoxy groups -OCH3 is 1. The van der Waals surface area contributed by atoms with E-state index in [0.29, 0.717) is 32.3 Å². The molecule has 1 amide bonds. The number of rotatable bonds is 10. The highest BCUT2D eigenvalue weighted by Gasteiger charge is 2.23. The van der Waals surface area contributed by atoms with Crippen LogP contribution in [0.1, 0.15) is 38.5 Å². The summed E-state index contributed by atoms with van der Waals surface area (Å²) in [5.74, 6) is 0.125. The Hall–Kier alpha value is -0.650. The first-order valence-corrected chi connectivity index (χ1v) is 7.47. The van der Waals surface area contributed by atoms with E-state index in [2.05, 4.69) is 10.2 Å². The minimum absolute atomic E-state index is 0.125. The van der Waals surface area contributed by atoms with Crippen LogP contribution in [0, 0.1) is 0 Å². The van der Waals surface area contributed by atoms with Crippen LogP contribution >= 0.6 is 0 Å². The van der Waals surface area contributed by atoms with Crippen molar-refractivity contribution in [2.24, 2.45) is 5.73 Å². The van der Waals surface area contributed by atoms with Crippen molar-refractivity contribution in [2.45, 2.75) is 44.6 Å². The number of carbonyl (C=O) groups is 1. The molecule has 3 N–H and O–H groups in total. The molecular weight excluding hydrogens is 242 g/mol. The molecule has 0 bridgehead atoms. The van der Waals surface area contributed by atoms with Crippen molar-refractivity contribution in [3.63, 3.8) is 0 Å². The van der Waals surface area contributed by atoms with Crippen molar-refractivity contribution < 1.29 is 9.53 Å². The summed E-state index contributed by atoms with van der Waals surface area (Å²) in [5.41, 5.74) is 5.58. The Morgan fingerprint density at radius 3 is 2.74 bits per heavy atom. The summed E-state index contributed by atoms with van der Waals surface area (Å²) in [4.78, 5) is 14.2. The van der Waals surface area contributed by atoms with E-state index in [9.17, 15) is 4.79 Å². The maximum Gasteiger partial charge on any atom is 0.234 e. The highest BCUT2D eigenvalue weighted by molar-refractivity contribution is 5.78. The molecule has 0 spiro atoms. The topological polar surface area (TPSA) is 67.6 Å². The maximum absolute atomic E-state index is 11.9. The molecular formula is C14H29N3O2. The average molecular weight is 271 g/mol. The fourth-order valence-corrected chi connectivity index (χ4v) is 2.64. The Labute approximate surface area is 116 Å². The lowest BCUT2D eigenvalue weighted by Crippen LogP contribution is -2.43. The lowest BCUT2D eigenvalue weighted by molar-refractivity contribution is -0.122. The Morgan fingerprint density at radius 1 is 1.37 bits per heavy atom. The predicted octanol–water partition coefficient (Wildman–Crippen LogP) is 0.733. The van der Waals surface area contributed by atoms with Gasteiger partial charge in [0.1, 0.15) is 0 Å². The molecule has 1 rings (SSSR count). The van der Waals surface area contributed by atoms with Crippen LogP contribution in [0.4, 0.5) is 0 Å². The van der Waals surface area contributed by atoms with Gasteiger partial charge in [-0.15, -0.1) is 0 Å². The van der Waals surface area contributed by atoms with Crippen molar-refractivity contribution in [3.8, 4) is 0 Å². The Morgan fingerprint density at radius 2 is 2.11 bits per heavy atom. The quantitative estimate of drug-likeness (QED) is 0.575. The molecule has 5 heteroatoms. The zero-order valence-electron chi connectivity index (χ0n) is 12.2. The molecule has 0 heterocycles. The van der Waals surface area contributed by atoms with Crippen LogP contribution in [0.25, 0.3) is 0 Å². The fraction of sp³-hybridized carbons (Fsp3) is 0.929. The molecule has 0 radical (unpaired) electrons. The molecule has 1 saturated carbocycles. The third-order valence-electron chi connectivity index (χ3n) is 3.68. The second kappa shape index (κ2) is 10.2. The van der Waals surface area contributed by atoms with Gasteiger partial charge < -0.3 is 15.8 Å². The summed E-state index contributed by atoms with van der Waals surface area (Å²) in [6.07, 6.45) is 6.86. The molecule has 0 aromatic rings. The summed E-state index contributed by atoms with van der Waals surface area (Å²) < 4.78 is 4.96. The SMILES string of the molecule is COCCCNC(=O)CN(CCCN)C1CCCC1. The summed E-state index contributed by atoms with van der Waals surface area (Å²) in [6.45, 7) is 3.53. The monoisotopic (exact) mass is 271 g/mol. The van der Waals surface area contributed by atoms with Crippen LogP contribution in [-0.4, -0.2) is 56.7 Å². The molecule has 0 aromatic carbocycles. The van der Waals surface area contributed by atoms with Gasteiger partial charge in [0.2, 0.25) is 5.91 Å². The van der Waals surface area contributed by atoms with Gasteiger partial charge in [-0.25, -0.2) is 0 Å². The first-order valence-electron chi connectivity index (χ1n) is 7.47. The van der Waals surface area contributed by atoms with Crippen molar-refractivity contribution in [2.75, 3.05) is 39.9 Å². The number of ether oxygens (including phenoxy) is 1. The van der Waals surface area contributed by atoms with Gasteiger partial charge in [-0.3, -0.25) is 9.69 Å². The van der Waals surface area contributed by atoms with Gasteiger partial charge in [-0.05, 0) is 32.2 Å². The number of nitrogens with one attached hydrogen (secondary N) is 1. The molecule has 1 aliphatic rings. The lowest BCUT2D eigenvalue weighted by atomic mass is 10.2. The second-order valence-electron chi connectivity index (χ2n) is 5.25. The van der Waals surface area contributed by atoms with Crippen molar-refractivity contribution >= 4 is 5.91 Å². The molecule has 1 aliphatic carbocycles. The van der Waals surface area contributed by atoms with Gasteiger partial charge in [0.25, 0.3) is 0 Å². The van der Waals surface area contributed by atoms with Crippen molar-refractivity contribution in [1.29, 1.82) is 0 Å². The van der Waals surface area contributed by atoms with Gasteiger partial charge in [0.15, 0.2) is 0 Å². The largest absolute Gasteiger partial charge is 0.385 e. The van der Waals surface area contributed by atoms with Gasteiger partial charge in [-0.2, -0.15) is 0 Å². The van der Waals surface area contributed by atoms with Gasteiger partial charge in [0.05, 0.1) is 6.54 Å². The Balaban J connectivity index is 2.27. The van der Waals surface area contributed by atoms with E-state index in [1.807, 2.05) is 0 Å². The normalized spacial score (nSPS) is 16.2. The Kier molecular flexibility index (Phi) is 8.79. The van der Waals surface area contributed by atoms with E-state index in [0.717, 1.165) is 19.4 Å². The zero-order valence-corrected chi connectivity index (χ0v) is 12.2. The van der Waals surface area contributed by atoms with E-state index in [1.165, 1.54) is 25.7 Å². The molecule has 5 nitrogen and oxygen atoms in total. The predicted molar refractivity (Wildman–Crippen MR) is 77.0 cm³/mol. The molecule has 0 aliphatic heterocycles. The average Bonchev–Trinajstić information content (AvgIpc) is 2.93. The van der Waals surface area contributed by atoms with E-state index in [1.54, 1.807) is 7.11 Å². The van der Waals surface area contributed by atoms with E-state index < -0.39 is 0 Å². The molecule has 0 saturated heterocycles. The highest BCUT2D eigenvalue weighted by Crippen LogP contribution is 2.23. The first-order chi connectivity index (χ1) is 9.27. The van der Waals surface area contributed by atoms with Gasteiger partial charge >= 0.3 is 0 Å². The standard InChI is InChI=1S/C14H29N3O2/c1-19-11-5-9-16-14(18)12-17(10-4-8-15)13-6-2-3-7-13/h13H,2-12,15H2,1H3,(H,16,18). The fourth-order valence-electron chi connectivity index (χ4n) is 2.64. The molecule has 0 atom stereocenters. The van der Waals surface area contributed by atoms with Gasteiger partial charge in [0, 0.05) is 32.8 Å². The molecule has 112 valence electrons. The van der Waals surface area contributed by atoms with Gasteiger partial charge in [-0.1, -0.05) is 12.8 Å². The number of nitrogens with two attached hydrogens (primary N) is 1. The van der Waals surface area contributed by atoms with Crippen LogP contribution in [-0.2, 0) is 9.53 Å². The van der Waals surface area contributed by atoms with Crippen molar-refractivity contribution in [3.05, 3.63) is 0 Å². The van der Waals surface area contributed by atoms with Crippen LogP contribution in [0.5, 0.6) is 0 Å². The second-order valence-corrected chi connectivity index (χ2v) is 5.25. The Bertz CT molecular complexity index is 243. The molecule has 0 unspecified atom stereocenters. The summed E-state index contributed by atoms with van der Waals surface area (Å²) in [7, 11) is 1.68. The minimum atomic E-state index is 0.125. The summed E-state index contributed by atoms with van der Waals surface area (Å²) in [5, 5.41) is 2.96. The minimum Gasteiger partial charge on any atom is -0.385 e. The lowest BCUT2D eigenvalue weighted by Gasteiger charge is -2.28. The van der Waals surface area contributed by atoms with E-state index >= 15 is 0 Å². The van der Waals surface area contributed by atoms with E-state index in [4.69, 9.17) is 10.5 Å². The molecule has 19 heavy (non-hydrogen) atoms. The number of hydrogen-bond donors (Lipinski definition) is 2. The number of hydrogen-bond acceptors (Lipinski definition) is 4. The highest BCUT2D eigenvalue weighted by atomic mass is 16.5. The number of carbonyl (C=O) groups excluding carboxylic acids is 1. The number of amides is 1.